The second-order valence-corrected chi connectivity index (χ2v) is 9.90. The maximum absolute atomic E-state index is 12.7. The monoisotopic (exact) mass is 496 g/mol. The van der Waals surface area contributed by atoms with Gasteiger partial charge in [-0.25, -0.2) is 8.42 Å². The van der Waals surface area contributed by atoms with Gasteiger partial charge in [0.2, 0.25) is 10.0 Å². The molecule has 1 saturated heterocycles. The smallest absolute Gasteiger partial charge is 0.261 e. The quantitative estimate of drug-likeness (QED) is 0.508. The number of halogens is 1. The van der Waals surface area contributed by atoms with Crippen LogP contribution >= 0.6 is 11.6 Å². The third kappa shape index (κ3) is 6.83. The number of carbonyl (C=O) groups excluding carboxylic acids is 1. The number of nitrogens with one attached hydrogen (secondary N) is 1. The molecule has 1 aliphatic heterocycles. The van der Waals surface area contributed by atoms with E-state index in [0.29, 0.717) is 49.2 Å². The Bertz CT molecular complexity index is 1040. The first-order valence-corrected chi connectivity index (χ1v) is 12.6. The van der Waals surface area contributed by atoms with Crippen LogP contribution in [0.2, 0.25) is 5.02 Å². The molecule has 2 aromatic carbocycles. The molecule has 0 aromatic heterocycles. The van der Waals surface area contributed by atoms with Crippen molar-refractivity contribution in [1.82, 2.24) is 9.62 Å². The summed E-state index contributed by atoms with van der Waals surface area (Å²) in [6, 6.07) is 11.5. The van der Waals surface area contributed by atoms with Gasteiger partial charge in [0.1, 0.15) is 18.1 Å². The molecule has 0 unspecified atom stereocenters. The second kappa shape index (κ2) is 11.7. The Morgan fingerprint density at radius 1 is 1.15 bits per heavy atom. The fourth-order valence-electron chi connectivity index (χ4n) is 3.28. The Morgan fingerprint density at radius 2 is 1.82 bits per heavy atom. The molecule has 0 spiro atoms. The van der Waals surface area contributed by atoms with Gasteiger partial charge in [-0.3, -0.25) is 4.79 Å². The summed E-state index contributed by atoms with van der Waals surface area (Å²) in [6.07, 6.45) is -0.122. The molecule has 0 bridgehead atoms. The zero-order valence-electron chi connectivity index (χ0n) is 18.8. The molecule has 0 saturated carbocycles. The van der Waals surface area contributed by atoms with Crippen LogP contribution in [0.3, 0.4) is 0 Å². The Labute approximate surface area is 199 Å². The number of ether oxygens (including phenoxy) is 3. The molecular weight excluding hydrogens is 468 g/mol. The van der Waals surface area contributed by atoms with E-state index < -0.39 is 16.1 Å². The van der Waals surface area contributed by atoms with Gasteiger partial charge in [0.25, 0.3) is 5.91 Å². The lowest BCUT2D eigenvalue weighted by Gasteiger charge is -2.26. The minimum atomic E-state index is -3.54. The molecule has 180 valence electrons. The molecule has 3 rings (SSSR count). The van der Waals surface area contributed by atoms with E-state index >= 15 is 0 Å². The number of carbonyl (C=O) groups is 1. The van der Waals surface area contributed by atoms with E-state index in [0.717, 1.165) is 5.56 Å². The number of sulfonamides is 1. The maximum atomic E-state index is 12.7. The van der Waals surface area contributed by atoms with Gasteiger partial charge >= 0.3 is 0 Å². The third-order valence-corrected chi connectivity index (χ3v) is 7.51. The lowest BCUT2D eigenvalue weighted by atomic mass is 10.2. The van der Waals surface area contributed by atoms with Crippen LogP contribution in [0.5, 0.6) is 11.5 Å². The SMILES string of the molecule is CC[C@H](Oc1ccc(Cl)c(C)c1)C(=O)NCCOc1ccc(S(=O)(=O)N2CCOCC2)cc1. The molecule has 1 atom stereocenters. The summed E-state index contributed by atoms with van der Waals surface area (Å²) in [6.45, 7) is 5.75. The van der Waals surface area contributed by atoms with Gasteiger partial charge in [0.05, 0.1) is 24.7 Å². The number of nitrogens with zero attached hydrogens (tertiary/aromatic N) is 1. The van der Waals surface area contributed by atoms with Crippen molar-refractivity contribution >= 4 is 27.5 Å². The van der Waals surface area contributed by atoms with Crippen molar-refractivity contribution in [2.24, 2.45) is 0 Å². The third-order valence-electron chi connectivity index (χ3n) is 5.17. The summed E-state index contributed by atoms with van der Waals surface area (Å²) in [4.78, 5) is 12.7. The van der Waals surface area contributed by atoms with E-state index in [2.05, 4.69) is 5.32 Å². The first kappa shape index (κ1) is 25.3. The van der Waals surface area contributed by atoms with E-state index in [1.807, 2.05) is 13.8 Å². The van der Waals surface area contributed by atoms with Crippen LogP contribution in [-0.2, 0) is 19.6 Å². The fourth-order valence-corrected chi connectivity index (χ4v) is 4.80. The zero-order chi connectivity index (χ0) is 23.8. The highest BCUT2D eigenvalue weighted by Crippen LogP contribution is 2.23. The van der Waals surface area contributed by atoms with Crippen LogP contribution in [0.25, 0.3) is 0 Å². The minimum absolute atomic E-state index is 0.213. The fraction of sp³-hybridized carbons (Fsp3) is 0.435. The van der Waals surface area contributed by atoms with E-state index in [-0.39, 0.29) is 24.0 Å². The Kier molecular flexibility index (Phi) is 8.96. The number of morpholine rings is 1. The topological polar surface area (TPSA) is 94.2 Å². The summed E-state index contributed by atoms with van der Waals surface area (Å²) in [5.74, 6) is 0.869. The summed E-state index contributed by atoms with van der Waals surface area (Å²) < 4.78 is 43.4. The molecule has 2 aromatic rings. The summed E-state index contributed by atoms with van der Waals surface area (Å²) in [5, 5.41) is 3.44. The summed E-state index contributed by atoms with van der Waals surface area (Å²) in [7, 11) is -3.54. The van der Waals surface area contributed by atoms with Crippen LogP contribution in [0.4, 0.5) is 0 Å². The Balaban J connectivity index is 1.45. The van der Waals surface area contributed by atoms with Crippen molar-refractivity contribution in [2.45, 2.75) is 31.3 Å². The van der Waals surface area contributed by atoms with Gasteiger partial charge in [0, 0.05) is 18.1 Å². The molecule has 8 nitrogen and oxygen atoms in total. The van der Waals surface area contributed by atoms with Gasteiger partial charge in [-0.15, -0.1) is 0 Å². The standard InChI is InChI=1S/C23H29ClN2O6S/c1-3-22(32-19-6-9-21(24)17(2)16-19)23(27)25-10-13-31-18-4-7-20(8-5-18)33(28,29)26-11-14-30-15-12-26/h4-9,16,22H,3,10-15H2,1-2H3,(H,25,27)/t22-/m0/s1. The van der Waals surface area contributed by atoms with Gasteiger partial charge < -0.3 is 19.5 Å². The molecule has 1 fully saturated rings. The van der Waals surface area contributed by atoms with Crippen molar-refractivity contribution < 1.29 is 27.4 Å². The normalized spacial score (nSPS) is 15.6. The number of hydrogen-bond acceptors (Lipinski definition) is 6. The summed E-state index contributed by atoms with van der Waals surface area (Å²) >= 11 is 6.03. The van der Waals surface area contributed by atoms with E-state index in [4.69, 9.17) is 25.8 Å². The first-order valence-electron chi connectivity index (χ1n) is 10.8. The second-order valence-electron chi connectivity index (χ2n) is 7.55. The van der Waals surface area contributed by atoms with E-state index in [9.17, 15) is 13.2 Å². The van der Waals surface area contributed by atoms with Gasteiger partial charge in [-0.1, -0.05) is 18.5 Å². The van der Waals surface area contributed by atoms with Crippen molar-refractivity contribution in [2.75, 3.05) is 39.5 Å². The molecule has 1 amide bonds. The highest BCUT2D eigenvalue weighted by atomic mass is 35.5. The molecule has 0 aliphatic carbocycles. The number of aryl methyl sites for hydroxylation is 1. The number of hydrogen-bond donors (Lipinski definition) is 1. The maximum Gasteiger partial charge on any atom is 0.261 e. The highest BCUT2D eigenvalue weighted by molar-refractivity contribution is 7.89. The highest BCUT2D eigenvalue weighted by Gasteiger charge is 2.26. The van der Waals surface area contributed by atoms with Crippen LogP contribution in [-0.4, -0.2) is 64.2 Å². The summed E-state index contributed by atoms with van der Waals surface area (Å²) in [5.41, 5.74) is 0.876. The van der Waals surface area contributed by atoms with Crippen molar-refractivity contribution in [3.8, 4) is 11.5 Å². The predicted octanol–water partition coefficient (Wildman–Crippen LogP) is 3.02. The number of amides is 1. The minimum Gasteiger partial charge on any atom is -0.492 e. The van der Waals surface area contributed by atoms with Crippen LogP contribution in [0.1, 0.15) is 18.9 Å². The lowest BCUT2D eigenvalue weighted by molar-refractivity contribution is -0.128. The Morgan fingerprint density at radius 3 is 2.45 bits per heavy atom. The van der Waals surface area contributed by atoms with Crippen LogP contribution in [0.15, 0.2) is 47.4 Å². The molecule has 33 heavy (non-hydrogen) atoms. The average molecular weight is 497 g/mol. The largest absolute Gasteiger partial charge is 0.492 e. The lowest BCUT2D eigenvalue weighted by Crippen LogP contribution is -2.40. The predicted molar refractivity (Wildman–Crippen MR) is 125 cm³/mol. The molecular formula is C23H29ClN2O6S. The van der Waals surface area contributed by atoms with E-state index in [1.54, 1.807) is 30.3 Å². The van der Waals surface area contributed by atoms with E-state index in [1.165, 1.54) is 16.4 Å². The first-order chi connectivity index (χ1) is 15.8. The van der Waals surface area contributed by atoms with Crippen LogP contribution < -0.4 is 14.8 Å². The number of benzene rings is 2. The molecule has 0 radical (unpaired) electrons. The van der Waals surface area contributed by atoms with Crippen molar-refractivity contribution in [3.63, 3.8) is 0 Å². The van der Waals surface area contributed by atoms with Crippen molar-refractivity contribution in [1.29, 1.82) is 0 Å². The molecule has 1 N–H and O–H groups in total. The molecule has 10 heteroatoms. The van der Waals surface area contributed by atoms with Gasteiger partial charge in [0.15, 0.2) is 6.10 Å². The van der Waals surface area contributed by atoms with Gasteiger partial charge in [-0.05, 0) is 61.4 Å². The van der Waals surface area contributed by atoms with Gasteiger partial charge in [-0.2, -0.15) is 4.31 Å². The molecule has 1 aliphatic rings. The van der Waals surface area contributed by atoms with Crippen LogP contribution in [0, 0.1) is 6.92 Å². The molecule has 1 heterocycles. The van der Waals surface area contributed by atoms with Crippen molar-refractivity contribution in [3.05, 3.63) is 53.1 Å². The number of rotatable bonds is 10. The zero-order valence-corrected chi connectivity index (χ0v) is 20.3. The average Bonchev–Trinajstić information content (AvgIpc) is 2.83. The Hall–Kier alpha value is -2.33.